The van der Waals surface area contributed by atoms with Gasteiger partial charge >= 0.3 is 0 Å². The minimum absolute atomic E-state index is 0.626. The Morgan fingerprint density at radius 3 is 3.07 bits per heavy atom. The maximum atomic E-state index is 4.28. The first-order valence-electron chi connectivity index (χ1n) is 5.09. The fraction of sp³-hybridized carbons (Fsp3) is 0.700. The molecule has 2 aliphatic rings. The van der Waals surface area contributed by atoms with Gasteiger partial charge in [0.2, 0.25) is 0 Å². The Morgan fingerprint density at radius 1 is 1.36 bits per heavy atom. The molecule has 1 fully saturated rings. The largest absolute Gasteiger partial charge is 0.285 e. The molecule has 0 aromatic heterocycles. The Morgan fingerprint density at radius 2 is 2.21 bits per heavy atom. The van der Waals surface area contributed by atoms with Gasteiger partial charge in [0.05, 0.1) is 0 Å². The van der Waals surface area contributed by atoms with Crippen LogP contribution >= 0.6 is 45.2 Å². The molecule has 1 saturated carbocycles. The summed E-state index contributed by atoms with van der Waals surface area (Å²) in [5.41, 5.74) is 4.57. The lowest BCUT2D eigenvalue weighted by molar-refractivity contribution is 0.539. The molecule has 0 aromatic carbocycles. The Kier molecular flexibility index (Phi) is 4.10. The van der Waals surface area contributed by atoms with Crippen LogP contribution in [0.4, 0.5) is 0 Å². The predicted octanol–water partition coefficient (Wildman–Crippen LogP) is 3.61. The molecule has 4 heteroatoms. The molecule has 0 saturated heterocycles. The summed E-state index contributed by atoms with van der Waals surface area (Å²) in [5.74, 6) is 0.626. The summed E-state index contributed by atoms with van der Waals surface area (Å²) >= 11 is 4.96. The number of fused-ring (bicyclic) bond motifs is 1. The van der Waals surface area contributed by atoms with Gasteiger partial charge in [0, 0.05) is 16.0 Å². The van der Waals surface area contributed by atoms with E-state index in [1.807, 2.05) is 0 Å². The van der Waals surface area contributed by atoms with Crippen LogP contribution in [-0.4, -0.2) is 7.64 Å². The highest BCUT2D eigenvalue weighted by molar-refractivity contribution is 14.1. The molecule has 2 rings (SSSR count). The lowest BCUT2D eigenvalue weighted by atomic mass is 9.87. The van der Waals surface area contributed by atoms with Crippen LogP contribution in [0.3, 0.4) is 0 Å². The number of hydrogen-bond donors (Lipinski definition) is 1. The SMILES string of the molecule is IC1=NNC=C2CCC(I)CCCC21. The van der Waals surface area contributed by atoms with Gasteiger partial charge in [-0.25, -0.2) is 0 Å². The normalized spacial score (nSPS) is 33.0. The van der Waals surface area contributed by atoms with Crippen LogP contribution < -0.4 is 5.43 Å². The standard InChI is InChI=1S/C10H14I2N2/c11-8-2-1-3-9-7(4-5-8)6-13-14-10(9)12/h6,8-9,13H,1-5H2. The third-order valence-corrected chi connectivity index (χ3v) is 5.15. The lowest BCUT2D eigenvalue weighted by Crippen LogP contribution is -2.23. The van der Waals surface area contributed by atoms with Crippen molar-refractivity contribution in [3.63, 3.8) is 0 Å². The minimum Gasteiger partial charge on any atom is -0.285 e. The van der Waals surface area contributed by atoms with Crippen molar-refractivity contribution in [2.45, 2.75) is 36.0 Å². The smallest absolute Gasteiger partial charge is 0.106 e. The molecule has 0 radical (unpaired) electrons. The van der Waals surface area contributed by atoms with E-state index in [9.17, 15) is 0 Å². The van der Waals surface area contributed by atoms with E-state index < -0.39 is 0 Å². The van der Waals surface area contributed by atoms with Gasteiger partial charge in [-0.3, -0.25) is 5.43 Å². The van der Waals surface area contributed by atoms with Gasteiger partial charge in [-0.05, 0) is 53.8 Å². The quantitative estimate of drug-likeness (QED) is 0.474. The lowest BCUT2D eigenvalue weighted by Gasteiger charge is -2.26. The van der Waals surface area contributed by atoms with Gasteiger partial charge in [0.1, 0.15) is 3.72 Å². The van der Waals surface area contributed by atoms with Crippen LogP contribution in [0.5, 0.6) is 0 Å². The number of hydrazone groups is 1. The molecule has 1 heterocycles. The molecular formula is C10H14I2N2. The highest BCUT2D eigenvalue weighted by atomic mass is 127. The second kappa shape index (κ2) is 5.14. The molecule has 0 bridgehead atoms. The van der Waals surface area contributed by atoms with Gasteiger partial charge in [0.25, 0.3) is 0 Å². The van der Waals surface area contributed by atoms with Crippen molar-refractivity contribution in [1.82, 2.24) is 5.43 Å². The van der Waals surface area contributed by atoms with E-state index in [0.29, 0.717) is 5.92 Å². The first-order valence-corrected chi connectivity index (χ1v) is 7.41. The summed E-state index contributed by atoms with van der Waals surface area (Å²) in [6.07, 6.45) is 8.69. The molecular weight excluding hydrogens is 402 g/mol. The predicted molar refractivity (Wildman–Crippen MR) is 77.1 cm³/mol. The van der Waals surface area contributed by atoms with Crippen molar-refractivity contribution in [3.8, 4) is 0 Å². The Hall–Kier alpha value is 0.670. The van der Waals surface area contributed by atoms with Gasteiger partial charge in [0.15, 0.2) is 0 Å². The summed E-state index contributed by atoms with van der Waals surface area (Å²) in [5, 5.41) is 4.28. The highest BCUT2D eigenvalue weighted by Gasteiger charge is 2.24. The van der Waals surface area contributed by atoms with Crippen molar-refractivity contribution in [3.05, 3.63) is 11.8 Å². The molecule has 78 valence electrons. The van der Waals surface area contributed by atoms with Gasteiger partial charge in [-0.15, -0.1) is 0 Å². The first-order chi connectivity index (χ1) is 6.77. The van der Waals surface area contributed by atoms with Crippen LogP contribution in [0.15, 0.2) is 16.9 Å². The van der Waals surface area contributed by atoms with E-state index in [0.717, 1.165) is 3.92 Å². The zero-order valence-corrected chi connectivity index (χ0v) is 12.3. The number of nitrogens with zero attached hydrogens (tertiary/aromatic N) is 1. The zero-order valence-electron chi connectivity index (χ0n) is 7.97. The molecule has 2 unspecified atom stereocenters. The zero-order chi connectivity index (χ0) is 9.97. The molecule has 2 atom stereocenters. The van der Waals surface area contributed by atoms with Crippen molar-refractivity contribution in [2.75, 3.05) is 0 Å². The van der Waals surface area contributed by atoms with Crippen LogP contribution in [-0.2, 0) is 0 Å². The summed E-state index contributed by atoms with van der Waals surface area (Å²) in [6.45, 7) is 0. The Bertz CT molecular complexity index is 273. The van der Waals surface area contributed by atoms with Crippen molar-refractivity contribution >= 4 is 48.9 Å². The highest BCUT2D eigenvalue weighted by Crippen LogP contribution is 2.33. The summed E-state index contributed by atoms with van der Waals surface area (Å²) < 4.78 is 2.11. The van der Waals surface area contributed by atoms with Gasteiger partial charge < -0.3 is 0 Å². The van der Waals surface area contributed by atoms with Crippen molar-refractivity contribution in [2.24, 2.45) is 11.0 Å². The second-order valence-electron chi connectivity index (χ2n) is 3.90. The topological polar surface area (TPSA) is 24.4 Å². The van der Waals surface area contributed by atoms with E-state index in [1.165, 1.54) is 35.8 Å². The molecule has 1 N–H and O–H groups in total. The van der Waals surface area contributed by atoms with Crippen molar-refractivity contribution in [1.29, 1.82) is 0 Å². The molecule has 0 aromatic rings. The Labute approximate surface area is 112 Å². The third-order valence-electron chi connectivity index (χ3n) is 2.91. The summed E-state index contributed by atoms with van der Waals surface area (Å²) in [7, 11) is 0. The number of nitrogens with one attached hydrogen (secondary N) is 1. The van der Waals surface area contributed by atoms with E-state index in [4.69, 9.17) is 0 Å². The monoisotopic (exact) mass is 416 g/mol. The van der Waals surface area contributed by atoms with E-state index in [-0.39, 0.29) is 0 Å². The summed E-state index contributed by atoms with van der Waals surface area (Å²) in [6, 6.07) is 0. The van der Waals surface area contributed by atoms with E-state index in [2.05, 4.69) is 61.9 Å². The number of halogens is 2. The molecule has 0 spiro atoms. The first kappa shape index (κ1) is 11.2. The average Bonchev–Trinajstić information content (AvgIpc) is 2.14. The van der Waals surface area contributed by atoms with Crippen LogP contribution in [0.25, 0.3) is 0 Å². The van der Waals surface area contributed by atoms with Crippen LogP contribution in [0, 0.1) is 5.92 Å². The minimum atomic E-state index is 0.626. The van der Waals surface area contributed by atoms with Crippen molar-refractivity contribution < 1.29 is 0 Å². The number of alkyl halides is 1. The van der Waals surface area contributed by atoms with Gasteiger partial charge in [-0.2, -0.15) is 5.10 Å². The molecule has 1 aliphatic carbocycles. The number of hydrogen-bond acceptors (Lipinski definition) is 2. The van der Waals surface area contributed by atoms with E-state index >= 15 is 0 Å². The second-order valence-corrected chi connectivity index (χ2v) is 6.77. The molecule has 2 nitrogen and oxygen atoms in total. The number of rotatable bonds is 0. The van der Waals surface area contributed by atoms with Crippen LogP contribution in [0.1, 0.15) is 32.1 Å². The van der Waals surface area contributed by atoms with E-state index in [1.54, 1.807) is 5.57 Å². The van der Waals surface area contributed by atoms with Crippen LogP contribution in [0.2, 0.25) is 0 Å². The third kappa shape index (κ3) is 2.62. The summed E-state index contributed by atoms with van der Waals surface area (Å²) in [4.78, 5) is 0. The molecule has 14 heavy (non-hydrogen) atoms. The molecule has 1 aliphatic heterocycles. The maximum absolute atomic E-state index is 4.28. The average molecular weight is 416 g/mol. The van der Waals surface area contributed by atoms with Gasteiger partial charge in [-0.1, -0.05) is 29.0 Å². The molecule has 0 amide bonds. The Balaban J connectivity index is 2.08. The fourth-order valence-electron chi connectivity index (χ4n) is 2.07. The number of allylic oxidation sites excluding steroid dienone is 1. The maximum Gasteiger partial charge on any atom is 0.106 e. The fourth-order valence-corrected chi connectivity index (χ4v) is 3.67.